The number of alkyl halides is 3. The van der Waals surface area contributed by atoms with E-state index in [1.807, 2.05) is 0 Å². The van der Waals surface area contributed by atoms with Gasteiger partial charge in [0.2, 0.25) is 5.91 Å². The first-order valence-electron chi connectivity index (χ1n) is 5.04. The molecular weight excluding hydrogens is 245 g/mol. The number of halogens is 4. The Morgan fingerprint density at radius 2 is 2.12 bits per heavy atom. The van der Waals surface area contributed by atoms with Crippen molar-refractivity contribution in [3.63, 3.8) is 0 Å². The standard InChI is InChI=1S/C9H15F3N2O.ClH/c10-9(11,12)4-3-8(15)14-7-2-1-5-13-6-7;/h7,13H,1-6H2,(H,14,15);1H/t7-;/m0./s1. The average Bonchev–Trinajstić information content (AvgIpc) is 2.15. The van der Waals surface area contributed by atoms with Crippen molar-refractivity contribution < 1.29 is 18.0 Å². The third-order valence-corrected chi connectivity index (χ3v) is 2.30. The third kappa shape index (κ3) is 6.90. The number of nitrogens with one attached hydrogen (secondary N) is 2. The number of piperidine rings is 1. The van der Waals surface area contributed by atoms with Crippen molar-refractivity contribution in [2.24, 2.45) is 0 Å². The zero-order valence-electron chi connectivity index (χ0n) is 8.77. The fraction of sp³-hybridized carbons (Fsp3) is 0.889. The summed E-state index contributed by atoms with van der Waals surface area (Å²) in [5.74, 6) is -0.513. The summed E-state index contributed by atoms with van der Waals surface area (Å²) in [6.45, 7) is 1.56. The molecule has 1 aliphatic rings. The van der Waals surface area contributed by atoms with Crippen LogP contribution in [0.2, 0.25) is 0 Å². The van der Waals surface area contributed by atoms with E-state index in [0.717, 1.165) is 19.4 Å². The maximum absolute atomic E-state index is 11.8. The number of amides is 1. The van der Waals surface area contributed by atoms with Gasteiger partial charge in [0.05, 0.1) is 6.42 Å². The number of rotatable bonds is 3. The summed E-state index contributed by atoms with van der Waals surface area (Å²) in [5.41, 5.74) is 0. The number of carbonyl (C=O) groups excluding carboxylic acids is 1. The van der Waals surface area contributed by atoms with Crippen molar-refractivity contribution >= 4 is 18.3 Å². The molecule has 1 fully saturated rings. The Morgan fingerprint density at radius 1 is 1.44 bits per heavy atom. The van der Waals surface area contributed by atoms with E-state index in [4.69, 9.17) is 0 Å². The van der Waals surface area contributed by atoms with Crippen LogP contribution in [0.4, 0.5) is 13.2 Å². The quantitative estimate of drug-likeness (QED) is 0.810. The number of carbonyl (C=O) groups is 1. The molecule has 1 saturated heterocycles. The molecule has 0 aromatic carbocycles. The van der Waals surface area contributed by atoms with Gasteiger partial charge in [0.15, 0.2) is 0 Å². The maximum atomic E-state index is 11.8. The normalized spacial score (nSPS) is 21.1. The molecule has 96 valence electrons. The van der Waals surface area contributed by atoms with Crippen LogP contribution in [-0.4, -0.2) is 31.2 Å². The van der Waals surface area contributed by atoms with Crippen LogP contribution in [0.25, 0.3) is 0 Å². The molecule has 7 heteroatoms. The predicted octanol–water partition coefficient (Wildman–Crippen LogP) is 1.62. The van der Waals surface area contributed by atoms with Gasteiger partial charge in [0.25, 0.3) is 0 Å². The average molecular weight is 261 g/mol. The van der Waals surface area contributed by atoms with E-state index in [-0.39, 0.29) is 18.4 Å². The van der Waals surface area contributed by atoms with Crippen molar-refractivity contribution in [1.29, 1.82) is 0 Å². The molecule has 16 heavy (non-hydrogen) atoms. The number of hydrogen-bond acceptors (Lipinski definition) is 2. The van der Waals surface area contributed by atoms with Crippen LogP contribution in [0.15, 0.2) is 0 Å². The second kappa shape index (κ2) is 6.96. The molecule has 0 aromatic rings. The van der Waals surface area contributed by atoms with Gasteiger partial charge in [-0.25, -0.2) is 0 Å². The van der Waals surface area contributed by atoms with Crippen molar-refractivity contribution in [2.45, 2.75) is 37.9 Å². The van der Waals surface area contributed by atoms with Gasteiger partial charge in [0, 0.05) is 19.0 Å². The molecule has 0 aliphatic carbocycles. The molecule has 1 atom stereocenters. The highest BCUT2D eigenvalue weighted by Gasteiger charge is 2.28. The summed E-state index contributed by atoms with van der Waals surface area (Å²) < 4.78 is 35.4. The van der Waals surface area contributed by atoms with E-state index in [1.54, 1.807) is 0 Å². The van der Waals surface area contributed by atoms with Crippen LogP contribution in [0.3, 0.4) is 0 Å². The van der Waals surface area contributed by atoms with Crippen molar-refractivity contribution in [3.8, 4) is 0 Å². The first-order chi connectivity index (χ1) is 6.97. The predicted molar refractivity (Wildman–Crippen MR) is 56.6 cm³/mol. The van der Waals surface area contributed by atoms with Gasteiger partial charge in [-0.05, 0) is 19.4 Å². The molecule has 2 N–H and O–H groups in total. The smallest absolute Gasteiger partial charge is 0.352 e. The summed E-state index contributed by atoms with van der Waals surface area (Å²) in [6, 6.07) is -0.0144. The lowest BCUT2D eigenvalue weighted by Crippen LogP contribution is -2.45. The van der Waals surface area contributed by atoms with E-state index < -0.39 is 24.9 Å². The fourth-order valence-corrected chi connectivity index (χ4v) is 1.53. The monoisotopic (exact) mass is 260 g/mol. The second-order valence-electron chi connectivity index (χ2n) is 3.73. The molecule has 0 spiro atoms. The lowest BCUT2D eigenvalue weighted by atomic mass is 10.1. The van der Waals surface area contributed by atoms with Crippen LogP contribution in [-0.2, 0) is 4.79 Å². The molecule has 0 unspecified atom stereocenters. The Hall–Kier alpha value is -0.490. The zero-order chi connectivity index (χ0) is 11.3. The van der Waals surface area contributed by atoms with E-state index in [9.17, 15) is 18.0 Å². The summed E-state index contributed by atoms with van der Waals surface area (Å²) in [4.78, 5) is 11.1. The van der Waals surface area contributed by atoms with Gasteiger partial charge in [-0.3, -0.25) is 4.79 Å². The minimum atomic E-state index is -4.25. The van der Waals surface area contributed by atoms with Crippen LogP contribution in [0.5, 0.6) is 0 Å². The first kappa shape index (κ1) is 15.5. The lowest BCUT2D eigenvalue weighted by molar-refractivity contribution is -0.144. The molecule has 0 bridgehead atoms. The Morgan fingerprint density at radius 3 is 2.62 bits per heavy atom. The Balaban J connectivity index is 0.00000225. The summed E-state index contributed by atoms with van der Waals surface area (Å²) in [6.07, 6.45) is -3.98. The molecule has 1 aliphatic heterocycles. The van der Waals surface area contributed by atoms with Gasteiger partial charge < -0.3 is 10.6 Å². The molecule has 0 saturated carbocycles. The molecule has 0 radical (unpaired) electrons. The van der Waals surface area contributed by atoms with Crippen LogP contribution >= 0.6 is 12.4 Å². The van der Waals surface area contributed by atoms with Gasteiger partial charge in [-0.15, -0.1) is 12.4 Å². The van der Waals surface area contributed by atoms with Gasteiger partial charge in [0.1, 0.15) is 0 Å². The van der Waals surface area contributed by atoms with Crippen LogP contribution in [0.1, 0.15) is 25.7 Å². The topological polar surface area (TPSA) is 41.1 Å². The first-order valence-corrected chi connectivity index (χ1v) is 5.04. The largest absolute Gasteiger partial charge is 0.389 e. The Bertz CT molecular complexity index is 217. The highest BCUT2D eigenvalue weighted by molar-refractivity contribution is 5.85. The van der Waals surface area contributed by atoms with E-state index in [0.29, 0.717) is 6.54 Å². The van der Waals surface area contributed by atoms with Crippen molar-refractivity contribution in [1.82, 2.24) is 10.6 Å². The lowest BCUT2D eigenvalue weighted by Gasteiger charge is -2.23. The van der Waals surface area contributed by atoms with E-state index in [2.05, 4.69) is 10.6 Å². The molecule has 1 rings (SSSR count). The molecular formula is C9H16ClF3N2O. The van der Waals surface area contributed by atoms with E-state index in [1.165, 1.54) is 0 Å². The van der Waals surface area contributed by atoms with Crippen molar-refractivity contribution in [2.75, 3.05) is 13.1 Å². The highest BCUT2D eigenvalue weighted by Crippen LogP contribution is 2.21. The minimum Gasteiger partial charge on any atom is -0.352 e. The zero-order valence-corrected chi connectivity index (χ0v) is 9.59. The van der Waals surface area contributed by atoms with E-state index >= 15 is 0 Å². The summed E-state index contributed by atoms with van der Waals surface area (Å²) in [7, 11) is 0. The molecule has 1 amide bonds. The molecule has 3 nitrogen and oxygen atoms in total. The molecule has 1 heterocycles. The second-order valence-corrected chi connectivity index (χ2v) is 3.73. The minimum absolute atomic E-state index is 0. The Labute approximate surface area is 98.6 Å². The fourth-order valence-electron chi connectivity index (χ4n) is 1.53. The van der Waals surface area contributed by atoms with Crippen LogP contribution < -0.4 is 10.6 Å². The van der Waals surface area contributed by atoms with Crippen molar-refractivity contribution in [3.05, 3.63) is 0 Å². The highest BCUT2D eigenvalue weighted by atomic mass is 35.5. The SMILES string of the molecule is Cl.O=C(CCC(F)(F)F)N[C@H]1CCCNC1. The van der Waals surface area contributed by atoms with Crippen LogP contribution in [0, 0.1) is 0 Å². The summed E-state index contributed by atoms with van der Waals surface area (Å²) >= 11 is 0. The van der Waals surface area contributed by atoms with Gasteiger partial charge in [-0.2, -0.15) is 13.2 Å². The number of hydrogen-bond donors (Lipinski definition) is 2. The van der Waals surface area contributed by atoms with Gasteiger partial charge >= 0.3 is 6.18 Å². The maximum Gasteiger partial charge on any atom is 0.389 e. The van der Waals surface area contributed by atoms with Gasteiger partial charge in [-0.1, -0.05) is 0 Å². The Kier molecular flexibility index (Phi) is 6.74. The third-order valence-electron chi connectivity index (χ3n) is 2.30. The molecule has 0 aromatic heterocycles. The summed E-state index contributed by atoms with van der Waals surface area (Å²) in [5, 5.41) is 5.67.